The molecule has 1 amide bonds. The van der Waals surface area contributed by atoms with Crippen molar-refractivity contribution in [2.45, 2.75) is 18.9 Å². The highest BCUT2D eigenvalue weighted by atomic mass is 35.5. The number of amides is 1. The van der Waals surface area contributed by atoms with Crippen molar-refractivity contribution in [1.29, 1.82) is 0 Å². The summed E-state index contributed by atoms with van der Waals surface area (Å²) in [5.74, 6) is 0.881. The average Bonchev–Trinajstić information content (AvgIpc) is 3.43. The van der Waals surface area contributed by atoms with Gasteiger partial charge in [0.25, 0.3) is 0 Å². The van der Waals surface area contributed by atoms with Gasteiger partial charge in [-0.15, -0.1) is 5.10 Å². The quantitative estimate of drug-likeness (QED) is 0.421. The second kappa shape index (κ2) is 8.87. The molecule has 1 saturated heterocycles. The molecule has 0 spiro atoms. The minimum Gasteiger partial charge on any atom is -0.368 e. The smallest absolute Gasteiger partial charge is 0.239 e. The number of likely N-dealkylation sites (N-methyl/N-ethyl adjacent to an activating group) is 1. The Bertz CT molecular complexity index is 1370. The molecule has 2 aromatic heterocycles. The molecule has 2 aromatic carbocycles. The summed E-state index contributed by atoms with van der Waals surface area (Å²) in [6.45, 7) is 3.57. The predicted molar refractivity (Wildman–Crippen MR) is 135 cm³/mol. The van der Waals surface area contributed by atoms with E-state index in [0.29, 0.717) is 53.3 Å². The number of hydrogen-bond acceptors (Lipinski definition) is 6. The lowest BCUT2D eigenvalue weighted by atomic mass is 9.98. The van der Waals surface area contributed by atoms with E-state index in [0.717, 1.165) is 16.8 Å². The number of nitrogens with two attached hydrogens (primary N) is 1. The summed E-state index contributed by atoms with van der Waals surface area (Å²) in [6, 6.07) is 15.0. The topological polar surface area (TPSA) is 102 Å². The number of carbonyl (C=O) groups excluding carboxylic acids is 1. The predicted octanol–water partition coefficient (Wildman–Crippen LogP) is 3.83. The van der Waals surface area contributed by atoms with Crippen molar-refractivity contribution in [1.82, 2.24) is 25.1 Å². The van der Waals surface area contributed by atoms with E-state index in [4.69, 9.17) is 33.9 Å². The van der Waals surface area contributed by atoms with Gasteiger partial charge in [0.15, 0.2) is 5.82 Å². The molecule has 3 heterocycles. The molecule has 1 aliphatic heterocycles. The van der Waals surface area contributed by atoms with E-state index in [1.54, 1.807) is 6.20 Å². The van der Waals surface area contributed by atoms with Crippen LogP contribution in [0.3, 0.4) is 0 Å². The highest BCUT2D eigenvalue weighted by molar-refractivity contribution is 6.33. The maximum atomic E-state index is 12.3. The molecule has 34 heavy (non-hydrogen) atoms. The SMILES string of the molecule is CCNC1(C(N)=O)CCN(c2nncc3c2nc(-c2ccccc2Cl)n3-c2ccc(Cl)cc2)C1. The van der Waals surface area contributed by atoms with Gasteiger partial charge in [0, 0.05) is 29.4 Å². The molecule has 3 N–H and O–H groups in total. The van der Waals surface area contributed by atoms with Crippen LogP contribution in [-0.4, -0.2) is 50.8 Å². The Morgan fingerprint density at radius 2 is 1.94 bits per heavy atom. The van der Waals surface area contributed by atoms with Crippen LogP contribution in [0.1, 0.15) is 13.3 Å². The number of rotatable bonds is 6. The van der Waals surface area contributed by atoms with Gasteiger partial charge < -0.3 is 16.0 Å². The van der Waals surface area contributed by atoms with E-state index < -0.39 is 5.54 Å². The number of aromatic nitrogens is 4. The highest BCUT2D eigenvalue weighted by Crippen LogP contribution is 2.36. The number of nitrogens with one attached hydrogen (secondary N) is 1. The number of halogens is 2. The Balaban J connectivity index is 1.70. The first-order chi connectivity index (χ1) is 16.4. The molecule has 5 rings (SSSR count). The molecule has 0 bridgehead atoms. The third-order valence-electron chi connectivity index (χ3n) is 6.21. The Kier molecular flexibility index (Phi) is 5.89. The molecule has 8 nitrogen and oxygen atoms in total. The van der Waals surface area contributed by atoms with Crippen LogP contribution in [0, 0.1) is 0 Å². The van der Waals surface area contributed by atoms with Crippen molar-refractivity contribution >= 4 is 46.0 Å². The number of anilines is 1. The molecule has 174 valence electrons. The van der Waals surface area contributed by atoms with Gasteiger partial charge in [-0.25, -0.2) is 4.98 Å². The van der Waals surface area contributed by atoms with Crippen LogP contribution < -0.4 is 16.0 Å². The average molecular weight is 496 g/mol. The van der Waals surface area contributed by atoms with Crippen LogP contribution in [-0.2, 0) is 4.79 Å². The van der Waals surface area contributed by atoms with E-state index in [9.17, 15) is 4.79 Å². The maximum absolute atomic E-state index is 12.3. The Hall–Kier alpha value is -3.20. The van der Waals surface area contributed by atoms with Gasteiger partial charge in [0.1, 0.15) is 16.9 Å². The number of carbonyl (C=O) groups is 1. The fourth-order valence-electron chi connectivity index (χ4n) is 4.55. The monoisotopic (exact) mass is 495 g/mol. The zero-order chi connectivity index (χ0) is 23.9. The Labute approximate surface area is 206 Å². The number of hydrogen-bond donors (Lipinski definition) is 2. The molecule has 0 radical (unpaired) electrons. The molecular weight excluding hydrogens is 473 g/mol. The van der Waals surface area contributed by atoms with Crippen molar-refractivity contribution in [3.63, 3.8) is 0 Å². The third-order valence-corrected chi connectivity index (χ3v) is 6.79. The largest absolute Gasteiger partial charge is 0.368 e. The second-order valence-corrected chi connectivity index (χ2v) is 9.12. The van der Waals surface area contributed by atoms with E-state index >= 15 is 0 Å². The zero-order valence-electron chi connectivity index (χ0n) is 18.5. The molecule has 1 aliphatic rings. The summed E-state index contributed by atoms with van der Waals surface area (Å²) < 4.78 is 1.99. The number of benzene rings is 2. The van der Waals surface area contributed by atoms with Gasteiger partial charge >= 0.3 is 0 Å². The van der Waals surface area contributed by atoms with Crippen LogP contribution in [0.25, 0.3) is 28.1 Å². The summed E-state index contributed by atoms with van der Waals surface area (Å²) in [4.78, 5) is 19.3. The second-order valence-electron chi connectivity index (χ2n) is 8.28. The van der Waals surface area contributed by atoms with E-state index in [1.807, 2.05) is 64.9 Å². The van der Waals surface area contributed by atoms with Crippen molar-refractivity contribution < 1.29 is 4.79 Å². The van der Waals surface area contributed by atoms with Crippen molar-refractivity contribution in [2.24, 2.45) is 5.73 Å². The fourth-order valence-corrected chi connectivity index (χ4v) is 4.90. The van der Waals surface area contributed by atoms with Gasteiger partial charge in [0.05, 0.1) is 16.7 Å². The standard InChI is InChI=1S/C24H23Cl2N7O/c1-2-28-24(23(27)34)11-12-32(14-24)22-20-19(13-29-31-22)33(16-9-7-15(25)8-10-16)21(30-20)17-5-3-4-6-18(17)26/h3-10,13,28H,2,11-12,14H2,1H3,(H2,27,34). The highest BCUT2D eigenvalue weighted by Gasteiger charge is 2.43. The summed E-state index contributed by atoms with van der Waals surface area (Å²) in [5, 5.41) is 13.2. The maximum Gasteiger partial charge on any atom is 0.239 e. The molecular formula is C24H23Cl2N7O. The minimum absolute atomic E-state index is 0.375. The lowest BCUT2D eigenvalue weighted by Gasteiger charge is -2.26. The first-order valence-corrected chi connectivity index (χ1v) is 11.7. The van der Waals surface area contributed by atoms with Gasteiger partial charge in [-0.1, -0.05) is 42.3 Å². The molecule has 1 atom stereocenters. The fraction of sp³-hybridized carbons (Fsp3) is 0.250. The molecule has 0 aliphatic carbocycles. The molecule has 4 aromatic rings. The van der Waals surface area contributed by atoms with E-state index in [2.05, 4.69) is 15.5 Å². The van der Waals surface area contributed by atoms with E-state index in [-0.39, 0.29) is 5.91 Å². The van der Waals surface area contributed by atoms with Crippen molar-refractivity contribution in [3.8, 4) is 17.1 Å². The first-order valence-electron chi connectivity index (χ1n) is 11.0. The van der Waals surface area contributed by atoms with Gasteiger partial charge in [-0.2, -0.15) is 5.10 Å². The third kappa shape index (κ3) is 3.77. The lowest BCUT2D eigenvalue weighted by molar-refractivity contribution is -0.123. The Morgan fingerprint density at radius 3 is 2.65 bits per heavy atom. The van der Waals surface area contributed by atoms with Crippen LogP contribution in [0.15, 0.2) is 54.7 Å². The summed E-state index contributed by atoms with van der Waals surface area (Å²) in [7, 11) is 0. The summed E-state index contributed by atoms with van der Waals surface area (Å²) in [5.41, 5.74) is 8.03. The summed E-state index contributed by atoms with van der Waals surface area (Å²) >= 11 is 12.7. The number of nitrogens with zero attached hydrogens (tertiary/aromatic N) is 5. The van der Waals surface area contributed by atoms with E-state index in [1.165, 1.54) is 0 Å². The van der Waals surface area contributed by atoms with Gasteiger partial charge in [-0.3, -0.25) is 9.36 Å². The van der Waals surface area contributed by atoms with Crippen LogP contribution >= 0.6 is 23.2 Å². The lowest BCUT2D eigenvalue weighted by Crippen LogP contribution is -2.57. The Morgan fingerprint density at radius 1 is 1.18 bits per heavy atom. The normalized spacial score (nSPS) is 18.0. The van der Waals surface area contributed by atoms with Crippen molar-refractivity contribution in [3.05, 3.63) is 64.8 Å². The van der Waals surface area contributed by atoms with Crippen LogP contribution in [0.5, 0.6) is 0 Å². The van der Waals surface area contributed by atoms with Crippen LogP contribution in [0.2, 0.25) is 10.0 Å². The summed E-state index contributed by atoms with van der Waals surface area (Å²) in [6.07, 6.45) is 2.26. The number of fused-ring (bicyclic) bond motifs is 1. The van der Waals surface area contributed by atoms with Crippen molar-refractivity contribution in [2.75, 3.05) is 24.5 Å². The molecule has 10 heteroatoms. The molecule has 1 unspecified atom stereocenters. The first kappa shape index (κ1) is 22.6. The zero-order valence-corrected chi connectivity index (χ0v) is 20.0. The molecule has 0 saturated carbocycles. The number of primary amides is 1. The number of imidazole rings is 1. The van der Waals surface area contributed by atoms with Gasteiger partial charge in [-0.05, 0) is 49.4 Å². The van der Waals surface area contributed by atoms with Gasteiger partial charge in [0.2, 0.25) is 5.91 Å². The minimum atomic E-state index is -0.817. The van der Waals surface area contributed by atoms with Crippen LogP contribution in [0.4, 0.5) is 5.82 Å². The molecule has 1 fully saturated rings.